The minimum atomic E-state index is -3.87. The van der Waals surface area contributed by atoms with E-state index in [1.54, 1.807) is 0 Å². The van der Waals surface area contributed by atoms with Crippen LogP contribution in [0.15, 0.2) is 71.6 Å². The predicted octanol–water partition coefficient (Wildman–Crippen LogP) is 3.62. The molecule has 10 heteroatoms. The molecule has 8 nitrogen and oxygen atoms in total. The van der Waals surface area contributed by atoms with Crippen molar-refractivity contribution in [2.24, 2.45) is 0 Å². The maximum Gasteiger partial charge on any atom is 0.261 e. The quantitative estimate of drug-likeness (QED) is 0.554. The van der Waals surface area contributed by atoms with Gasteiger partial charge in [0, 0.05) is 29.0 Å². The molecule has 1 aliphatic rings. The van der Waals surface area contributed by atoms with Crippen molar-refractivity contribution < 1.29 is 22.8 Å². The van der Waals surface area contributed by atoms with Crippen LogP contribution in [-0.2, 0) is 10.0 Å². The molecule has 3 amide bonds. The van der Waals surface area contributed by atoms with Crippen LogP contribution >= 0.6 is 11.6 Å². The summed E-state index contributed by atoms with van der Waals surface area (Å²) in [4.78, 5) is 37.9. The summed E-state index contributed by atoms with van der Waals surface area (Å²) in [5, 5.41) is 3.06. The van der Waals surface area contributed by atoms with E-state index < -0.39 is 27.7 Å². The SMILES string of the molecule is CN1C(=O)c2ccc(NC(=O)c3cccc(NS(=O)(=O)c4ccc(Cl)cc4)c3)cc2C1=O. The van der Waals surface area contributed by atoms with Crippen LogP contribution in [0.5, 0.6) is 0 Å². The van der Waals surface area contributed by atoms with E-state index in [1.165, 1.54) is 73.8 Å². The van der Waals surface area contributed by atoms with Crippen LogP contribution < -0.4 is 10.0 Å². The minimum Gasteiger partial charge on any atom is -0.322 e. The Morgan fingerprint density at radius 3 is 2.28 bits per heavy atom. The molecule has 0 bridgehead atoms. The fourth-order valence-corrected chi connectivity index (χ4v) is 4.37. The van der Waals surface area contributed by atoms with Gasteiger partial charge in [-0.1, -0.05) is 17.7 Å². The molecule has 1 heterocycles. The van der Waals surface area contributed by atoms with Crippen LogP contribution in [0, 0.1) is 0 Å². The molecule has 0 unspecified atom stereocenters. The molecule has 0 saturated carbocycles. The zero-order valence-corrected chi connectivity index (χ0v) is 18.2. The second kappa shape index (κ2) is 8.10. The van der Waals surface area contributed by atoms with Gasteiger partial charge in [-0.2, -0.15) is 0 Å². The first-order valence-electron chi connectivity index (χ1n) is 9.32. The maximum atomic E-state index is 12.7. The zero-order valence-electron chi connectivity index (χ0n) is 16.6. The van der Waals surface area contributed by atoms with Crippen molar-refractivity contribution in [1.29, 1.82) is 0 Å². The summed E-state index contributed by atoms with van der Waals surface area (Å²) in [5.41, 5.74) is 1.21. The van der Waals surface area contributed by atoms with Gasteiger partial charge >= 0.3 is 0 Å². The summed E-state index contributed by atoms with van der Waals surface area (Å²) in [6.45, 7) is 0. The molecule has 0 spiro atoms. The second-order valence-corrected chi connectivity index (χ2v) is 9.14. The molecule has 1 aliphatic heterocycles. The number of sulfonamides is 1. The van der Waals surface area contributed by atoms with Crippen molar-refractivity contribution in [3.05, 3.63) is 88.4 Å². The molecule has 0 aliphatic carbocycles. The highest BCUT2D eigenvalue weighted by atomic mass is 35.5. The van der Waals surface area contributed by atoms with E-state index in [9.17, 15) is 22.8 Å². The number of benzene rings is 3. The molecular weight excluding hydrogens is 454 g/mol. The number of carbonyl (C=O) groups excluding carboxylic acids is 3. The number of imide groups is 1. The highest BCUT2D eigenvalue weighted by Crippen LogP contribution is 2.25. The highest BCUT2D eigenvalue weighted by Gasteiger charge is 2.32. The van der Waals surface area contributed by atoms with Gasteiger partial charge in [0.05, 0.1) is 16.0 Å². The Bertz CT molecular complexity index is 1370. The van der Waals surface area contributed by atoms with E-state index in [0.717, 1.165) is 4.90 Å². The Labute approximate surface area is 188 Å². The van der Waals surface area contributed by atoms with Gasteiger partial charge in [-0.15, -0.1) is 0 Å². The maximum absolute atomic E-state index is 12.7. The molecule has 32 heavy (non-hydrogen) atoms. The standard InChI is InChI=1S/C22H16ClN3O5S/c1-26-21(28)18-10-7-15(12-19(18)22(26)29)24-20(27)13-3-2-4-16(11-13)25-32(30,31)17-8-5-14(23)6-9-17/h2-12,25H,1H3,(H,24,27). The summed E-state index contributed by atoms with van der Waals surface area (Å²) in [5.74, 6) is -1.36. The summed E-state index contributed by atoms with van der Waals surface area (Å²) in [7, 11) is -2.48. The van der Waals surface area contributed by atoms with Crippen LogP contribution in [0.1, 0.15) is 31.1 Å². The topological polar surface area (TPSA) is 113 Å². The summed E-state index contributed by atoms with van der Waals surface area (Å²) in [6.07, 6.45) is 0. The largest absolute Gasteiger partial charge is 0.322 e. The molecule has 3 aromatic rings. The van der Waals surface area contributed by atoms with Gasteiger partial charge in [-0.3, -0.25) is 24.0 Å². The van der Waals surface area contributed by atoms with Gasteiger partial charge < -0.3 is 5.32 Å². The van der Waals surface area contributed by atoms with Crippen LogP contribution in [-0.4, -0.2) is 38.1 Å². The number of carbonyl (C=O) groups is 3. The van der Waals surface area contributed by atoms with E-state index in [-0.39, 0.29) is 27.3 Å². The summed E-state index contributed by atoms with van der Waals surface area (Å²) >= 11 is 5.80. The molecule has 162 valence electrons. The van der Waals surface area contributed by atoms with E-state index in [4.69, 9.17) is 11.6 Å². The van der Waals surface area contributed by atoms with Crippen molar-refractivity contribution >= 4 is 50.7 Å². The number of hydrogen-bond acceptors (Lipinski definition) is 5. The summed E-state index contributed by atoms with van der Waals surface area (Å²) < 4.78 is 27.5. The lowest BCUT2D eigenvalue weighted by molar-refractivity contribution is 0.0692. The van der Waals surface area contributed by atoms with Crippen molar-refractivity contribution in [1.82, 2.24) is 4.90 Å². The van der Waals surface area contributed by atoms with E-state index in [0.29, 0.717) is 10.7 Å². The first-order valence-corrected chi connectivity index (χ1v) is 11.2. The minimum absolute atomic E-state index is 0.0269. The van der Waals surface area contributed by atoms with Crippen molar-refractivity contribution in [2.45, 2.75) is 4.90 Å². The Hall–Kier alpha value is -3.69. The Balaban J connectivity index is 1.53. The number of hydrogen-bond donors (Lipinski definition) is 2. The van der Waals surface area contributed by atoms with Crippen LogP contribution in [0.4, 0.5) is 11.4 Å². The normalized spacial score (nSPS) is 13.1. The third-order valence-corrected chi connectivity index (χ3v) is 6.50. The number of rotatable bonds is 5. The van der Waals surface area contributed by atoms with E-state index >= 15 is 0 Å². The average Bonchev–Trinajstić information content (AvgIpc) is 2.97. The van der Waals surface area contributed by atoms with Crippen LogP contribution in [0.3, 0.4) is 0 Å². The average molecular weight is 470 g/mol. The predicted molar refractivity (Wildman–Crippen MR) is 120 cm³/mol. The lowest BCUT2D eigenvalue weighted by Crippen LogP contribution is -2.24. The molecule has 0 aromatic heterocycles. The van der Waals surface area contributed by atoms with Gasteiger partial charge in [-0.25, -0.2) is 8.42 Å². The third-order valence-electron chi connectivity index (χ3n) is 4.85. The molecular formula is C22H16ClN3O5S. The number of nitrogens with one attached hydrogen (secondary N) is 2. The molecule has 3 aromatic carbocycles. The molecule has 0 fully saturated rings. The number of amides is 3. The third kappa shape index (κ3) is 4.08. The number of halogens is 1. The van der Waals surface area contributed by atoms with Gasteiger partial charge in [0.1, 0.15) is 0 Å². The molecule has 0 atom stereocenters. The molecule has 4 rings (SSSR count). The van der Waals surface area contributed by atoms with Crippen molar-refractivity contribution in [2.75, 3.05) is 17.1 Å². The first kappa shape index (κ1) is 21.5. The lowest BCUT2D eigenvalue weighted by atomic mass is 10.1. The van der Waals surface area contributed by atoms with Gasteiger partial charge in [0.25, 0.3) is 27.7 Å². The Morgan fingerprint density at radius 2 is 1.56 bits per heavy atom. The van der Waals surface area contributed by atoms with Crippen molar-refractivity contribution in [3.63, 3.8) is 0 Å². The summed E-state index contributed by atoms with van der Waals surface area (Å²) in [6, 6.07) is 16.1. The molecule has 0 radical (unpaired) electrons. The van der Waals surface area contributed by atoms with Gasteiger partial charge in [0.15, 0.2) is 0 Å². The zero-order chi connectivity index (χ0) is 23.0. The highest BCUT2D eigenvalue weighted by molar-refractivity contribution is 7.92. The van der Waals surface area contributed by atoms with Crippen LogP contribution in [0.2, 0.25) is 5.02 Å². The Morgan fingerprint density at radius 1 is 0.875 bits per heavy atom. The number of fused-ring (bicyclic) bond motifs is 1. The van der Waals surface area contributed by atoms with Crippen LogP contribution in [0.25, 0.3) is 0 Å². The number of anilines is 2. The fraction of sp³-hybridized carbons (Fsp3) is 0.0455. The second-order valence-electron chi connectivity index (χ2n) is 7.02. The fourth-order valence-electron chi connectivity index (χ4n) is 3.19. The first-order chi connectivity index (χ1) is 15.2. The Kier molecular flexibility index (Phi) is 5.45. The molecule has 2 N–H and O–H groups in total. The van der Waals surface area contributed by atoms with E-state index in [1.807, 2.05) is 0 Å². The van der Waals surface area contributed by atoms with Crippen molar-refractivity contribution in [3.8, 4) is 0 Å². The number of nitrogens with zero attached hydrogens (tertiary/aromatic N) is 1. The van der Waals surface area contributed by atoms with Gasteiger partial charge in [-0.05, 0) is 60.7 Å². The molecule has 0 saturated heterocycles. The van der Waals surface area contributed by atoms with E-state index in [2.05, 4.69) is 10.0 Å². The smallest absolute Gasteiger partial charge is 0.261 e. The monoisotopic (exact) mass is 469 g/mol. The van der Waals surface area contributed by atoms with Gasteiger partial charge in [0.2, 0.25) is 0 Å². The lowest BCUT2D eigenvalue weighted by Gasteiger charge is -2.10.